The van der Waals surface area contributed by atoms with Crippen molar-refractivity contribution in [1.29, 1.82) is 0 Å². The number of hydrogen-bond donors (Lipinski definition) is 0. The summed E-state index contributed by atoms with van der Waals surface area (Å²) in [5.74, 6) is 0.334. The van der Waals surface area contributed by atoms with Gasteiger partial charge in [0.25, 0.3) is 5.56 Å². The van der Waals surface area contributed by atoms with Gasteiger partial charge in [-0.1, -0.05) is 54.2 Å². The molecule has 2 aromatic carbocycles. The van der Waals surface area contributed by atoms with E-state index in [9.17, 15) is 9.18 Å². The molecule has 0 spiro atoms. The van der Waals surface area contributed by atoms with E-state index in [-0.39, 0.29) is 11.4 Å². The Morgan fingerprint density at radius 3 is 2.42 bits per heavy atom. The van der Waals surface area contributed by atoms with Crippen molar-refractivity contribution < 1.29 is 4.39 Å². The third kappa shape index (κ3) is 3.54. The Labute approximate surface area is 143 Å². The Morgan fingerprint density at radius 1 is 1.04 bits per heavy atom. The molecule has 0 saturated heterocycles. The maximum atomic E-state index is 13.0. The number of halogens is 1. The van der Waals surface area contributed by atoms with Crippen LogP contribution in [0.1, 0.15) is 12.5 Å². The van der Waals surface area contributed by atoms with Crippen LogP contribution in [0.4, 0.5) is 4.39 Å². The molecule has 0 aliphatic heterocycles. The molecule has 0 aliphatic rings. The second kappa shape index (κ2) is 7.40. The Balaban J connectivity index is 1.88. The molecule has 0 N–H and O–H groups in total. The summed E-state index contributed by atoms with van der Waals surface area (Å²) < 4.78 is 14.6. The first-order valence-electron chi connectivity index (χ1n) is 7.59. The predicted octanol–water partition coefficient (Wildman–Crippen LogP) is 3.76. The lowest BCUT2D eigenvalue weighted by Crippen LogP contribution is -2.25. The van der Waals surface area contributed by atoms with Gasteiger partial charge in [0, 0.05) is 17.9 Å². The van der Waals surface area contributed by atoms with Gasteiger partial charge in [0.15, 0.2) is 10.9 Å². The van der Waals surface area contributed by atoms with E-state index < -0.39 is 0 Å². The molecule has 0 amide bonds. The highest BCUT2D eigenvalue weighted by molar-refractivity contribution is 7.98. The average Bonchev–Trinajstić information content (AvgIpc) is 2.62. The molecule has 0 aliphatic carbocycles. The zero-order valence-corrected chi connectivity index (χ0v) is 14.0. The molecule has 0 atom stereocenters. The first-order valence-corrected chi connectivity index (χ1v) is 8.57. The fourth-order valence-corrected chi connectivity index (χ4v) is 3.25. The van der Waals surface area contributed by atoms with Crippen LogP contribution in [0.5, 0.6) is 0 Å². The standard InChI is InChI=1S/C18H16FN3OS/c1-2-22-17(23)16(14-6-4-3-5-7-14)20-21-18(22)24-12-13-8-10-15(19)11-9-13/h3-11H,2,12H2,1H3. The van der Waals surface area contributed by atoms with Crippen LogP contribution in [0.3, 0.4) is 0 Å². The molecule has 1 heterocycles. The lowest BCUT2D eigenvalue weighted by molar-refractivity contribution is 0.596. The Kier molecular flexibility index (Phi) is 5.05. The summed E-state index contributed by atoms with van der Waals surface area (Å²) >= 11 is 1.42. The minimum absolute atomic E-state index is 0.152. The normalized spacial score (nSPS) is 10.8. The quantitative estimate of drug-likeness (QED) is 0.663. The predicted molar refractivity (Wildman–Crippen MR) is 93.4 cm³/mol. The van der Waals surface area contributed by atoms with E-state index in [2.05, 4.69) is 10.2 Å². The van der Waals surface area contributed by atoms with E-state index in [4.69, 9.17) is 0 Å². The van der Waals surface area contributed by atoms with Crippen molar-refractivity contribution in [1.82, 2.24) is 14.8 Å². The zero-order chi connectivity index (χ0) is 16.9. The third-order valence-electron chi connectivity index (χ3n) is 3.56. The fourth-order valence-electron chi connectivity index (χ4n) is 2.30. The van der Waals surface area contributed by atoms with Gasteiger partial charge < -0.3 is 0 Å². The van der Waals surface area contributed by atoms with Crippen LogP contribution in [0.2, 0.25) is 0 Å². The first kappa shape index (κ1) is 16.4. The van der Waals surface area contributed by atoms with Crippen LogP contribution in [0.25, 0.3) is 11.3 Å². The number of aromatic nitrogens is 3. The van der Waals surface area contributed by atoms with Crippen molar-refractivity contribution >= 4 is 11.8 Å². The largest absolute Gasteiger partial charge is 0.285 e. The molecule has 0 saturated carbocycles. The lowest BCUT2D eigenvalue weighted by atomic mass is 10.2. The van der Waals surface area contributed by atoms with Gasteiger partial charge in [0.1, 0.15) is 5.82 Å². The van der Waals surface area contributed by atoms with Crippen LogP contribution < -0.4 is 5.56 Å². The maximum absolute atomic E-state index is 13.0. The van der Waals surface area contributed by atoms with Crippen molar-refractivity contribution in [2.45, 2.75) is 24.4 Å². The number of thioether (sulfide) groups is 1. The summed E-state index contributed by atoms with van der Waals surface area (Å²) in [7, 11) is 0. The van der Waals surface area contributed by atoms with Crippen molar-refractivity contribution in [3.63, 3.8) is 0 Å². The minimum atomic E-state index is -0.263. The van der Waals surface area contributed by atoms with Gasteiger partial charge in [-0.25, -0.2) is 4.39 Å². The van der Waals surface area contributed by atoms with Crippen molar-refractivity contribution in [2.75, 3.05) is 0 Å². The topological polar surface area (TPSA) is 47.8 Å². The highest BCUT2D eigenvalue weighted by atomic mass is 32.2. The smallest absolute Gasteiger partial charge is 0.281 e. The lowest BCUT2D eigenvalue weighted by Gasteiger charge is -2.10. The van der Waals surface area contributed by atoms with Gasteiger partial charge >= 0.3 is 0 Å². The van der Waals surface area contributed by atoms with Gasteiger partial charge in [0.2, 0.25) is 0 Å². The molecule has 0 radical (unpaired) electrons. The maximum Gasteiger partial charge on any atom is 0.281 e. The summed E-state index contributed by atoms with van der Waals surface area (Å²) in [6.45, 7) is 2.42. The van der Waals surface area contributed by atoms with Crippen molar-refractivity contribution in [2.24, 2.45) is 0 Å². The molecular weight excluding hydrogens is 325 g/mol. The van der Waals surface area contributed by atoms with Crippen LogP contribution >= 0.6 is 11.8 Å². The highest BCUT2D eigenvalue weighted by Gasteiger charge is 2.13. The summed E-state index contributed by atoms with van der Waals surface area (Å²) in [5, 5.41) is 8.90. The van der Waals surface area contributed by atoms with E-state index in [1.807, 2.05) is 37.3 Å². The highest BCUT2D eigenvalue weighted by Crippen LogP contribution is 2.21. The molecule has 6 heteroatoms. The number of rotatable bonds is 5. The van der Waals surface area contributed by atoms with Gasteiger partial charge in [-0.05, 0) is 24.6 Å². The Morgan fingerprint density at radius 2 is 1.75 bits per heavy atom. The fraction of sp³-hybridized carbons (Fsp3) is 0.167. The van der Waals surface area contributed by atoms with Crippen LogP contribution in [0.15, 0.2) is 64.5 Å². The number of nitrogens with zero attached hydrogens (tertiary/aromatic N) is 3. The molecule has 24 heavy (non-hydrogen) atoms. The Hall–Kier alpha value is -2.47. The first-order chi connectivity index (χ1) is 11.7. The molecule has 122 valence electrons. The van der Waals surface area contributed by atoms with Crippen LogP contribution in [-0.4, -0.2) is 14.8 Å². The van der Waals surface area contributed by atoms with Gasteiger partial charge in [-0.3, -0.25) is 9.36 Å². The van der Waals surface area contributed by atoms with E-state index in [0.29, 0.717) is 23.1 Å². The molecule has 4 nitrogen and oxygen atoms in total. The summed E-state index contributed by atoms with van der Waals surface area (Å²) in [5.41, 5.74) is 1.92. The monoisotopic (exact) mass is 341 g/mol. The van der Waals surface area contributed by atoms with Gasteiger partial charge in [-0.2, -0.15) is 0 Å². The van der Waals surface area contributed by atoms with Crippen molar-refractivity contribution in [3.05, 3.63) is 76.3 Å². The summed E-state index contributed by atoms with van der Waals surface area (Å²) in [6.07, 6.45) is 0. The molecule has 1 aromatic heterocycles. The number of hydrogen-bond acceptors (Lipinski definition) is 4. The van der Waals surface area contributed by atoms with Gasteiger partial charge in [0.05, 0.1) is 0 Å². The Bertz CT molecular complexity index is 879. The minimum Gasteiger partial charge on any atom is -0.285 e. The van der Waals surface area contributed by atoms with E-state index in [1.54, 1.807) is 16.7 Å². The zero-order valence-electron chi connectivity index (χ0n) is 13.1. The molecule has 0 unspecified atom stereocenters. The molecule has 0 fully saturated rings. The van der Waals surface area contributed by atoms with E-state index >= 15 is 0 Å². The second-order valence-electron chi connectivity index (χ2n) is 5.16. The summed E-state index contributed by atoms with van der Waals surface area (Å²) in [6, 6.07) is 15.6. The van der Waals surface area contributed by atoms with Crippen LogP contribution in [-0.2, 0) is 12.3 Å². The number of benzene rings is 2. The van der Waals surface area contributed by atoms with Crippen LogP contribution in [0, 0.1) is 5.82 Å². The second-order valence-corrected chi connectivity index (χ2v) is 6.10. The van der Waals surface area contributed by atoms with Crippen molar-refractivity contribution in [3.8, 4) is 11.3 Å². The van der Waals surface area contributed by atoms with Gasteiger partial charge in [-0.15, -0.1) is 10.2 Å². The molecule has 0 bridgehead atoms. The molecular formula is C18H16FN3OS. The summed E-state index contributed by atoms with van der Waals surface area (Å²) in [4.78, 5) is 12.7. The molecule has 3 aromatic rings. The average molecular weight is 341 g/mol. The molecule has 3 rings (SSSR count). The van der Waals surface area contributed by atoms with E-state index in [1.165, 1.54) is 23.9 Å². The third-order valence-corrected chi connectivity index (χ3v) is 4.60. The van der Waals surface area contributed by atoms with E-state index in [0.717, 1.165) is 11.1 Å². The SMILES string of the molecule is CCn1c(SCc2ccc(F)cc2)nnc(-c2ccccc2)c1=O.